The topological polar surface area (TPSA) is 17.1 Å². The number of rotatable bonds is 5. The highest BCUT2D eigenvalue weighted by molar-refractivity contribution is 7.98. The minimum atomic E-state index is 0.0810. The summed E-state index contributed by atoms with van der Waals surface area (Å²) in [6.07, 6.45) is 3.24. The second kappa shape index (κ2) is 7.16. The van der Waals surface area contributed by atoms with Gasteiger partial charge in [-0.25, -0.2) is 0 Å². The van der Waals surface area contributed by atoms with Gasteiger partial charge in [0.2, 0.25) is 0 Å². The summed E-state index contributed by atoms with van der Waals surface area (Å²) in [4.78, 5) is 13.3. The first kappa shape index (κ1) is 15.4. The molecule has 0 unspecified atom stereocenters. The van der Waals surface area contributed by atoms with E-state index in [0.29, 0.717) is 22.0 Å². The van der Waals surface area contributed by atoms with Crippen molar-refractivity contribution in [1.29, 1.82) is 0 Å². The Bertz CT molecular complexity index is 608. The Kier molecular flexibility index (Phi) is 5.53. The summed E-state index contributed by atoms with van der Waals surface area (Å²) in [5.74, 6) is 0.0810. The standard InChI is InChI=1S/C16H14Cl2OS/c1-20-13-6-2-11(3-7-13)4-9-16(19)12-5-8-14(17)15(18)10-12/h2-3,5-8,10H,4,9H2,1H3. The van der Waals surface area contributed by atoms with Gasteiger partial charge < -0.3 is 0 Å². The van der Waals surface area contributed by atoms with Gasteiger partial charge in [0.25, 0.3) is 0 Å². The van der Waals surface area contributed by atoms with Crippen LogP contribution < -0.4 is 0 Å². The van der Waals surface area contributed by atoms with Gasteiger partial charge in [0.1, 0.15) is 0 Å². The fraction of sp³-hybridized carbons (Fsp3) is 0.188. The third-order valence-corrected chi connectivity index (χ3v) is 4.52. The number of ketones is 1. The predicted molar refractivity (Wildman–Crippen MR) is 87.3 cm³/mol. The molecule has 0 fully saturated rings. The molecule has 2 rings (SSSR count). The van der Waals surface area contributed by atoms with E-state index < -0.39 is 0 Å². The minimum Gasteiger partial charge on any atom is -0.294 e. The van der Waals surface area contributed by atoms with Gasteiger partial charge in [-0.3, -0.25) is 4.79 Å². The fourth-order valence-corrected chi connectivity index (χ4v) is 2.57. The summed E-state index contributed by atoms with van der Waals surface area (Å²) in [6, 6.07) is 13.3. The van der Waals surface area contributed by atoms with Gasteiger partial charge in [-0.1, -0.05) is 35.3 Å². The predicted octanol–water partition coefficient (Wildman–Crippen LogP) is 5.53. The lowest BCUT2D eigenvalue weighted by Crippen LogP contribution is -2.01. The van der Waals surface area contributed by atoms with Gasteiger partial charge in [0.05, 0.1) is 10.0 Å². The highest BCUT2D eigenvalue weighted by Gasteiger charge is 2.08. The summed E-state index contributed by atoms with van der Waals surface area (Å²) in [7, 11) is 0. The summed E-state index contributed by atoms with van der Waals surface area (Å²) in [5.41, 5.74) is 1.77. The SMILES string of the molecule is CSc1ccc(CCC(=O)c2ccc(Cl)c(Cl)c2)cc1. The van der Waals surface area contributed by atoms with Gasteiger partial charge in [-0.15, -0.1) is 11.8 Å². The second-order valence-corrected chi connectivity index (χ2v) is 6.09. The number of carbonyl (C=O) groups is 1. The van der Waals surface area contributed by atoms with E-state index in [0.717, 1.165) is 12.0 Å². The maximum absolute atomic E-state index is 12.1. The monoisotopic (exact) mass is 324 g/mol. The molecule has 0 amide bonds. The van der Waals surface area contributed by atoms with Crippen molar-refractivity contribution in [2.24, 2.45) is 0 Å². The highest BCUT2D eigenvalue weighted by Crippen LogP contribution is 2.23. The number of aryl methyl sites for hydroxylation is 1. The lowest BCUT2D eigenvalue weighted by molar-refractivity contribution is 0.0983. The van der Waals surface area contributed by atoms with Crippen LogP contribution in [-0.2, 0) is 6.42 Å². The van der Waals surface area contributed by atoms with E-state index in [1.54, 1.807) is 30.0 Å². The van der Waals surface area contributed by atoms with Crippen LogP contribution in [0.5, 0.6) is 0 Å². The van der Waals surface area contributed by atoms with E-state index in [1.807, 2.05) is 6.26 Å². The highest BCUT2D eigenvalue weighted by atomic mass is 35.5. The van der Waals surface area contributed by atoms with Crippen LogP contribution in [0.25, 0.3) is 0 Å². The molecule has 1 nitrogen and oxygen atoms in total. The van der Waals surface area contributed by atoms with Crippen molar-refractivity contribution >= 4 is 40.7 Å². The van der Waals surface area contributed by atoms with E-state index in [4.69, 9.17) is 23.2 Å². The second-order valence-electron chi connectivity index (χ2n) is 4.40. The van der Waals surface area contributed by atoms with Crippen molar-refractivity contribution in [3.05, 3.63) is 63.6 Å². The number of benzene rings is 2. The Balaban J connectivity index is 1.98. The fourth-order valence-electron chi connectivity index (χ4n) is 1.86. The molecular formula is C16H14Cl2OS. The molecule has 104 valence electrons. The van der Waals surface area contributed by atoms with Crippen molar-refractivity contribution in [3.63, 3.8) is 0 Å². The third kappa shape index (κ3) is 4.02. The largest absolute Gasteiger partial charge is 0.294 e. The van der Waals surface area contributed by atoms with Crippen LogP contribution in [0.15, 0.2) is 47.4 Å². The first-order valence-electron chi connectivity index (χ1n) is 6.21. The molecule has 2 aromatic rings. The lowest BCUT2D eigenvalue weighted by atomic mass is 10.0. The van der Waals surface area contributed by atoms with Crippen LogP contribution in [0.3, 0.4) is 0 Å². The van der Waals surface area contributed by atoms with E-state index in [1.165, 1.54) is 4.90 Å². The van der Waals surface area contributed by atoms with Crippen LogP contribution in [0.1, 0.15) is 22.3 Å². The molecule has 2 aromatic carbocycles. The maximum Gasteiger partial charge on any atom is 0.163 e. The number of thioether (sulfide) groups is 1. The molecule has 0 aliphatic carbocycles. The number of Topliss-reactive ketones (excluding diaryl/α,β-unsaturated/α-hetero) is 1. The lowest BCUT2D eigenvalue weighted by Gasteiger charge is -2.04. The molecule has 0 atom stereocenters. The zero-order chi connectivity index (χ0) is 14.5. The number of hydrogen-bond acceptors (Lipinski definition) is 2. The van der Waals surface area contributed by atoms with Crippen molar-refractivity contribution in [2.45, 2.75) is 17.7 Å². The van der Waals surface area contributed by atoms with Crippen molar-refractivity contribution < 1.29 is 4.79 Å². The molecule has 0 radical (unpaired) electrons. The van der Waals surface area contributed by atoms with Crippen molar-refractivity contribution in [1.82, 2.24) is 0 Å². The van der Waals surface area contributed by atoms with Gasteiger partial charge in [0.15, 0.2) is 5.78 Å². The maximum atomic E-state index is 12.1. The van der Waals surface area contributed by atoms with E-state index >= 15 is 0 Å². The Labute approximate surface area is 133 Å². The molecule has 0 heterocycles. The number of halogens is 2. The molecule has 0 saturated heterocycles. The zero-order valence-electron chi connectivity index (χ0n) is 11.0. The Morgan fingerprint density at radius 3 is 2.35 bits per heavy atom. The minimum absolute atomic E-state index is 0.0810. The first-order chi connectivity index (χ1) is 9.60. The first-order valence-corrected chi connectivity index (χ1v) is 8.19. The molecule has 0 aliphatic heterocycles. The molecular weight excluding hydrogens is 311 g/mol. The van der Waals surface area contributed by atoms with Crippen LogP contribution in [0, 0.1) is 0 Å². The quantitative estimate of drug-likeness (QED) is 0.531. The molecule has 0 spiro atoms. The van der Waals surface area contributed by atoms with E-state index in [2.05, 4.69) is 24.3 Å². The van der Waals surface area contributed by atoms with E-state index in [-0.39, 0.29) is 5.78 Å². The Hall–Kier alpha value is -0.960. The molecule has 4 heteroatoms. The van der Waals surface area contributed by atoms with Crippen LogP contribution in [0.2, 0.25) is 10.0 Å². The molecule has 0 saturated carbocycles. The molecule has 0 bridgehead atoms. The van der Waals surface area contributed by atoms with Gasteiger partial charge in [0, 0.05) is 16.9 Å². The normalized spacial score (nSPS) is 10.6. The van der Waals surface area contributed by atoms with Crippen molar-refractivity contribution in [3.8, 4) is 0 Å². The van der Waals surface area contributed by atoms with Gasteiger partial charge >= 0.3 is 0 Å². The third-order valence-electron chi connectivity index (χ3n) is 3.04. The number of carbonyl (C=O) groups excluding carboxylic acids is 1. The Morgan fingerprint density at radius 1 is 1.05 bits per heavy atom. The van der Waals surface area contributed by atoms with E-state index in [9.17, 15) is 4.79 Å². The van der Waals surface area contributed by atoms with Crippen LogP contribution >= 0.6 is 35.0 Å². The Morgan fingerprint density at radius 2 is 1.75 bits per heavy atom. The molecule has 0 N–H and O–H groups in total. The summed E-state index contributed by atoms with van der Waals surface area (Å²) in [6.45, 7) is 0. The summed E-state index contributed by atoms with van der Waals surface area (Å²) >= 11 is 13.5. The van der Waals surface area contributed by atoms with Gasteiger partial charge in [-0.2, -0.15) is 0 Å². The van der Waals surface area contributed by atoms with Crippen molar-refractivity contribution in [2.75, 3.05) is 6.26 Å². The summed E-state index contributed by atoms with van der Waals surface area (Å²) in [5, 5.41) is 0.887. The summed E-state index contributed by atoms with van der Waals surface area (Å²) < 4.78 is 0. The molecule has 0 aliphatic rings. The molecule has 20 heavy (non-hydrogen) atoms. The van der Waals surface area contributed by atoms with Gasteiger partial charge in [-0.05, 0) is 48.6 Å². The van der Waals surface area contributed by atoms with Crippen LogP contribution in [-0.4, -0.2) is 12.0 Å². The number of hydrogen-bond donors (Lipinski definition) is 0. The smallest absolute Gasteiger partial charge is 0.163 e. The average Bonchev–Trinajstić information content (AvgIpc) is 2.48. The zero-order valence-corrected chi connectivity index (χ0v) is 13.4. The van der Waals surface area contributed by atoms with Crippen LogP contribution in [0.4, 0.5) is 0 Å². The average molecular weight is 325 g/mol. The molecule has 0 aromatic heterocycles.